The number of aliphatic hydroxyl groups excluding tert-OH is 1. The first-order valence-corrected chi connectivity index (χ1v) is 3.78. The summed E-state index contributed by atoms with van der Waals surface area (Å²) in [5, 5.41) is 8.66. The van der Waals surface area contributed by atoms with Crippen molar-refractivity contribution < 1.29 is 14.6 Å². The van der Waals surface area contributed by atoms with E-state index in [0.29, 0.717) is 0 Å². The van der Waals surface area contributed by atoms with E-state index in [1.54, 1.807) is 0 Å². The molecular formula is C5H10O3S2. The van der Waals surface area contributed by atoms with E-state index in [9.17, 15) is 4.79 Å². The molecule has 0 heterocycles. The fourth-order valence-corrected chi connectivity index (χ4v) is 0.426. The topological polar surface area (TPSA) is 46.5 Å². The summed E-state index contributed by atoms with van der Waals surface area (Å²) in [5.41, 5.74) is 0. The van der Waals surface area contributed by atoms with Crippen molar-refractivity contribution >= 4 is 31.2 Å². The maximum atomic E-state index is 10.6. The molecule has 0 rings (SSSR count). The Labute approximate surface area is 70.6 Å². The molecule has 0 aliphatic heterocycles. The highest BCUT2D eigenvalue weighted by atomic mass is 32.2. The molecule has 1 N–H and O–H groups in total. The number of carbonyl (C=O) groups excluding carboxylic acids is 1. The van der Waals surface area contributed by atoms with Crippen LogP contribution in [0.2, 0.25) is 0 Å². The normalized spacial score (nSPS) is 13.3. The van der Waals surface area contributed by atoms with E-state index in [-0.39, 0.29) is 6.61 Å². The monoisotopic (exact) mass is 182 g/mol. The van der Waals surface area contributed by atoms with E-state index < -0.39 is 16.7 Å². The van der Waals surface area contributed by atoms with Crippen LogP contribution in [0.15, 0.2) is 0 Å². The second kappa shape index (κ2) is 4.87. The third kappa shape index (κ3) is 4.96. The van der Waals surface area contributed by atoms with Crippen LogP contribution in [0.5, 0.6) is 0 Å². The van der Waals surface area contributed by atoms with E-state index in [2.05, 4.69) is 30.0 Å². The molecule has 60 valence electrons. The third-order valence-electron chi connectivity index (χ3n) is 0.678. The standard InChI is InChI=1S/C5H10O3S2/c1-3(6)2-8-4(7)5(9)10/h3,5-6,9-10H,2H2,1H3. The van der Waals surface area contributed by atoms with Gasteiger partial charge in [0.1, 0.15) is 11.2 Å². The fourth-order valence-electron chi connectivity index (χ4n) is 0.277. The summed E-state index contributed by atoms with van der Waals surface area (Å²) in [6.45, 7) is 1.52. The number of ether oxygens (including phenoxy) is 1. The second-order valence-corrected chi connectivity index (χ2v) is 3.29. The summed E-state index contributed by atoms with van der Waals surface area (Å²) in [4.78, 5) is 10.6. The summed E-state index contributed by atoms with van der Waals surface area (Å²) in [5.74, 6) is -0.535. The van der Waals surface area contributed by atoms with Gasteiger partial charge in [-0.1, -0.05) is 0 Å². The number of rotatable bonds is 3. The minimum atomic E-state index is -0.723. The van der Waals surface area contributed by atoms with Crippen LogP contribution in [0.1, 0.15) is 6.92 Å². The highest BCUT2D eigenvalue weighted by molar-refractivity contribution is 8.00. The van der Waals surface area contributed by atoms with E-state index >= 15 is 0 Å². The number of carbonyl (C=O) groups is 1. The average Bonchev–Trinajstić information content (AvgIpc) is 1.82. The lowest BCUT2D eigenvalue weighted by molar-refractivity contribution is -0.143. The molecule has 0 radical (unpaired) electrons. The van der Waals surface area contributed by atoms with Gasteiger partial charge >= 0.3 is 5.97 Å². The van der Waals surface area contributed by atoms with Gasteiger partial charge in [-0.2, -0.15) is 25.3 Å². The van der Waals surface area contributed by atoms with Gasteiger partial charge in [0.2, 0.25) is 0 Å². The molecular weight excluding hydrogens is 172 g/mol. The first-order valence-electron chi connectivity index (χ1n) is 2.75. The predicted molar refractivity (Wildman–Crippen MR) is 44.4 cm³/mol. The van der Waals surface area contributed by atoms with Gasteiger partial charge in [-0.25, -0.2) is 4.79 Å². The van der Waals surface area contributed by atoms with Crippen molar-refractivity contribution in [2.24, 2.45) is 0 Å². The fraction of sp³-hybridized carbons (Fsp3) is 0.800. The Morgan fingerprint density at radius 2 is 2.20 bits per heavy atom. The third-order valence-corrected chi connectivity index (χ3v) is 1.10. The maximum absolute atomic E-state index is 10.6. The van der Waals surface area contributed by atoms with Crippen molar-refractivity contribution in [1.29, 1.82) is 0 Å². The lowest BCUT2D eigenvalue weighted by atomic mass is 10.4. The van der Waals surface area contributed by atoms with Crippen LogP contribution in [-0.2, 0) is 9.53 Å². The summed E-state index contributed by atoms with van der Waals surface area (Å²) in [6.07, 6.45) is -0.635. The molecule has 0 aliphatic rings. The van der Waals surface area contributed by atoms with Gasteiger partial charge in [0, 0.05) is 0 Å². The zero-order valence-corrected chi connectivity index (χ0v) is 7.31. The molecule has 0 spiro atoms. The zero-order chi connectivity index (χ0) is 8.15. The summed E-state index contributed by atoms with van der Waals surface area (Å²) >= 11 is 7.41. The molecule has 0 aromatic rings. The Hall–Kier alpha value is 0.130. The predicted octanol–water partition coefficient (Wildman–Crippen LogP) is 0.0961. The number of hydrogen-bond acceptors (Lipinski definition) is 5. The van der Waals surface area contributed by atoms with Gasteiger partial charge in [-0.3, -0.25) is 0 Å². The largest absolute Gasteiger partial charge is 0.462 e. The number of esters is 1. The Balaban J connectivity index is 3.40. The molecule has 0 fully saturated rings. The van der Waals surface area contributed by atoms with Crippen LogP contribution in [0.25, 0.3) is 0 Å². The van der Waals surface area contributed by atoms with Gasteiger partial charge in [0.25, 0.3) is 0 Å². The molecule has 0 amide bonds. The average molecular weight is 182 g/mol. The Morgan fingerprint density at radius 1 is 1.70 bits per heavy atom. The lowest BCUT2D eigenvalue weighted by Gasteiger charge is -2.06. The summed E-state index contributed by atoms with van der Waals surface area (Å²) in [7, 11) is 0. The smallest absolute Gasteiger partial charge is 0.328 e. The second-order valence-electron chi connectivity index (χ2n) is 1.85. The Morgan fingerprint density at radius 3 is 2.50 bits per heavy atom. The van der Waals surface area contributed by atoms with E-state index in [4.69, 9.17) is 5.11 Å². The first kappa shape index (κ1) is 10.1. The first-order chi connectivity index (χ1) is 4.54. The van der Waals surface area contributed by atoms with Crippen molar-refractivity contribution in [3.63, 3.8) is 0 Å². The van der Waals surface area contributed by atoms with Crippen LogP contribution >= 0.6 is 25.3 Å². The molecule has 10 heavy (non-hydrogen) atoms. The molecule has 0 saturated carbocycles. The minimum absolute atomic E-state index is 0.00352. The van der Waals surface area contributed by atoms with Crippen LogP contribution in [0.4, 0.5) is 0 Å². The molecule has 5 heteroatoms. The van der Waals surface area contributed by atoms with Gasteiger partial charge in [-0.05, 0) is 6.92 Å². The molecule has 0 aliphatic carbocycles. The molecule has 0 aromatic heterocycles. The molecule has 0 saturated heterocycles. The summed E-state index contributed by atoms with van der Waals surface area (Å²) < 4.78 is 3.80. The van der Waals surface area contributed by atoms with Crippen LogP contribution < -0.4 is 0 Å². The van der Waals surface area contributed by atoms with Gasteiger partial charge < -0.3 is 9.84 Å². The number of aliphatic hydroxyl groups is 1. The Kier molecular flexibility index (Phi) is 4.93. The van der Waals surface area contributed by atoms with Crippen molar-refractivity contribution in [2.75, 3.05) is 6.61 Å². The highest BCUT2D eigenvalue weighted by Crippen LogP contribution is 2.02. The van der Waals surface area contributed by atoms with E-state index in [0.717, 1.165) is 0 Å². The van der Waals surface area contributed by atoms with Gasteiger partial charge in [0.15, 0.2) is 0 Å². The van der Waals surface area contributed by atoms with Gasteiger partial charge in [-0.15, -0.1) is 0 Å². The molecule has 3 nitrogen and oxygen atoms in total. The van der Waals surface area contributed by atoms with E-state index in [1.807, 2.05) is 0 Å². The van der Waals surface area contributed by atoms with Crippen molar-refractivity contribution in [2.45, 2.75) is 17.6 Å². The minimum Gasteiger partial charge on any atom is -0.462 e. The number of hydrogen-bond donors (Lipinski definition) is 3. The van der Waals surface area contributed by atoms with Gasteiger partial charge in [0.05, 0.1) is 6.10 Å². The van der Waals surface area contributed by atoms with Crippen molar-refractivity contribution in [1.82, 2.24) is 0 Å². The summed E-state index contributed by atoms with van der Waals surface area (Å²) in [6, 6.07) is 0. The zero-order valence-electron chi connectivity index (χ0n) is 5.52. The number of thiol groups is 2. The lowest BCUT2D eigenvalue weighted by Crippen LogP contribution is -2.19. The molecule has 0 aromatic carbocycles. The highest BCUT2D eigenvalue weighted by Gasteiger charge is 2.10. The quantitative estimate of drug-likeness (QED) is 0.329. The Bertz CT molecular complexity index is 113. The van der Waals surface area contributed by atoms with Crippen LogP contribution in [-0.4, -0.2) is 28.4 Å². The van der Waals surface area contributed by atoms with Crippen molar-refractivity contribution in [3.05, 3.63) is 0 Å². The SMILES string of the molecule is CC(O)COC(=O)C(S)S. The molecule has 1 unspecified atom stereocenters. The van der Waals surface area contributed by atoms with Crippen LogP contribution in [0.3, 0.4) is 0 Å². The van der Waals surface area contributed by atoms with Crippen molar-refractivity contribution in [3.8, 4) is 0 Å². The maximum Gasteiger partial charge on any atom is 0.328 e. The molecule has 1 atom stereocenters. The molecule has 0 bridgehead atoms. The van der Waals surface area contributed by atoms with E-state index in [1.165, 1.54) is 6.92 Å². The van der Waals surface area contributed by atoms with Crippen LogP contribution in [0, 0.1) is 0 Å².